The van der Waals surface area contributed by atoms with Crippen molar-refractivity contribution in [1.29, 1.82) is 0 Å². The summed E-state index contributed by atoms with van der Waals surface area (Å²) < 4.78 is 7.05. The predicted octanol–water partition coefficient (Wildman–Crippen LogP) is 3.96. The maximum atomic E-state index is 13.7. The van der Waals surface area contributed by atoms with Gasteiger partial charge in [0.05, 0.1) is 29.3 Å². The van der Waals surface area contributed by atoms with Gasteiger partial charge >= 0.3 is 19.1 Å². The van der Waals surface area contributed by atoms with Gasteiger partial charge < -0.3 is 56.3 Å². The minimum Gasteiger partial charge on any atom is -0.508 e. The monoisotopic (exact) mass is 961 g/mol. The second-order valence-electron chi connectivity index (χ2n) is 18.3. The third-order valence-electron chi connectivity index (χ3n) is 12.1. The molecule has 0 spiro atoms. The van der Waals surface area contributed by atoms with Gasteiger partial charge in [0, 0.05) is 56.8 Å². The average molecular weight is 962 g/mol. The van der Waals surface area contributed by atoms with Gasteiger partial charge in [0.2, 0.25) is 11.8 Å². The summed E-state index contributed by atoms with van der Waals surface area (Å²) >= 11 is 0. The van der Waals surface area contributed by atoms with Crippen LogP contribution in [-0.2, 0) is 25.7 Å². The third-order valence-corrected chi connectivity index (χ3v) is 12.1. The van der Waals surface area contributed by atoms with Crippen LogP contribution in [-0.4, -0.2) is 131 Å². The number of piperidine rings is 1. The first kappa shape index (κ1) is 52.5. The van der Waals surface area contributed by atoms with Crippen LogP contribution >= 0.6 is 0 Å². The molecule has 0 aliphatic carbocycles. The normalized spacial score (nSPS) is 14.3. The Morgan fingerprint density at radius 3 is 2.20 bits per heavy atom. The number of hydrogen-bond donors (Lipinski definition) is 9. The van der Waals surface area contributed by atoms with Gasteiger partial charge in [-0.2, -0.15) is 0 Å². The Morgan fingerprint density at radius 1 is 0.814 bits per heavy atom. The first-order valence-electron chi connectivity index (χ1n) is 23.7. The van der Waals surface area contributed by atoms with E-state index in [1.807, 2.05) is 82.3 Å². The highest BCUT2D eigenvalue weighted by molar-refractivity contribution is 6.43. The molecule has 3 aromatic carbocycles. The molecule has 3 amide bonds. The standard InChI is InChI=1S/C50H64BN9O10/c1-30(2)26-43(51(68)69)55-49(66)46(56-48(65)40-13-9-12-39(54-40)34-10-7-6-8-11-34)32(5)70-45(64)19-18-44(63)59-24-20-35(21-25-59)53-23-22-52-29-33-14-16-36(17-15-33)60-47(57-58-50(60)67)38-27-37(31(3)4)41(61)28-42(38)62/h6-17,27-28,30-32,35,43,46,52-53,61-62,68-69H,18-26,29H2,1-5H3,(H,55,66)(H,56,65)(H,58,67)/t32-,43+,46+/m1/s1. The molecule has 0 radical (unpaired) electrons. The van der Waals surface area contributed by atoms with E-state index in [-0.39, 0.29) is 72.1 Å². The summed E-state index contributed by atoms with van der Waals surface area (Å²) in [6, 6.07) is 22.9. The van der Waals surface area contributed by atoms with Gasteiger partial charge in [-0.05, 0) is 79.5 Å². The fraction of sp³-hybridized carbons (Fsp3) is 0.420. The van der Waals surface area contributed by atoms with Crippen molar-refractivity contribution in [1.82, 2.24) is 45.9 Å². The van der Waals surface area contributed by atoms with E-state index in [0.717, 1.165) is 24.0 Å². The first-order valence-corrected chi connectivity index (χ1v) is 23.7. The molecule has 0 bridgehead atoms. The molecule has 3 heterocycles. The Balaban J connectivity index is 0.934. The highest BCUT2D eigenvalue weighted by atomic mass is 16.5. The van der Waals surface area contributed by atoms with Crippen LogP contribution in [0.1, 0.15) is 94.3 Å². The molecule has 3 atom stereocenters. The molecule has 2 aromatic heterocycles. The summed E-state index contributed by atoms with van der Waals surface area (Å²) in [7, 11) is -1.88. The molecule has 70 heavy (non-hydrogen) atoms. The van der Waals surface area contributed by atoms with Crippen LogP contribution in [0, 0.1) is 5.92 Å². The van der Waals surface area contributed by atoms with E-state index in [0.29, 0.717) is 55.2 Å². The molecule has 1 fully saturated rings. The number of nitrogens with one attached hydrogen (secondary N) is 4. The van der Waals surface area contributed by atoms with Crippen molar-refractivity contribution in [2.75, 3.05) is 26.2 Å². The zero-order chi connectivity index (χ0) is 50.5. The number of nitrogens with zero attached hydrogens (tertiary/aromatic N) is 5. The smallest absolute Gasteiger partial charge is 0.475 e. The van der Waals surface area contributed by atoms with Gasteiger partial charge in [-0.3, -0.25) is 19.2 Å². The van der Waals surface area contributed by atoms with Crippen molar-refractivity contribution in [3.8, 4) is 45.8 Å². The lowest BCUT2D eigenvalue weighted by Crippen LogP contribution is -2.58. The number of ether oxygens (including phenoxy) is 1. The lowest BCUT2D eigenvalue weighted by atomic mass is 9.75. The highest BCUT2D eigenvalue weighted by Gasteiger charge is 2.35. The second-order valence-corrected chi connectivity index (χ2v) is 18.3. The molecule has 372 valence electrons. The maximum absolute atomic E-state index is 13.7. The summed E-state index contributed by atoms with van der Waals surface area (Å²) in [6.07, 6.45) is 0.117. The first-order chi connectivity index (χ1) is 33.5. The predicted molar refractivity (Wildman–Crippen MR) is 262 cm³/mol. The number of rotatable bonds is 22. The van der Waals surface area contributed by atoms with Crippen LogP contribution in [0.2, 0.25) is 0 Å². The van der Waals surface area contributed by atoms with E-state index >= 15 is 0 Å². The van der Waals surface area contributed by atoms with Crippen molar-refractivity contribution in [3.05, 3.63) is 102 Å². The molecule has 5 aromatic rings. The van der Waals surface area contributed by atoms with E-state index in [1.54, 1.807) is 23.1 Å². The van der Waals surface area contributed by atoms with Gasteiger partial charge in [-0.15, -0.1) is 5.10 Å². The van der Waals surface area contributed by atoms with E-state index in [4.69, 9.17) is 4.74 Å². The highest BCUT2D eigenvalue weighted by Crippen LogP contribution is 2.39. The van der Waals surface area contributed by atoms with E-state index in [9.17, 15) is 44.5 Å². The van der Waals surface area contributed by atoms with Crippen molar-refractivity contribution in [3.63, 3.8) is 0 Å². The van der Waals surface area contributed by atoms with Gasteiger partial charge in [-0.25, -0.2) is 9.55 Å². The maximum Gasteiger partial charge on any atom is 0.475 e. The minimum atomic E-state index is -1.88. The molecule has 19 nitrogen and oxygen atoms in total. The van der Waals surface area contributed by atoms with Gasteiger partial charge in [0.1, 0.15) is 29.3 Å². The van der Waals surface area contributed by atoms with Crippen LogP contribution in [0.25, 0.3) is 28.3 Å². The van der Waals surface area contributed by atoms with E-state index < -0.39 is 43.0 Å². The number of phenolic OH excluding ortho intramolecular Hbond substituents is 2. The number of aromatic hydroxyl groups is 3. The lowest BCUT2D eigenvalue weighted by molar-refractivity contribution is -0.152. The minimum absolute atomic E-state index is 0.00960. The molecule has 6 rings (SSSR count). The van der Waals surface area contributed by atoms with E-state index in [2.05, 4.69) is 36.4 Å². The Kier molecular flexibility index (Phi) is 18.5. The number of likely N-dealkylation sites (tertiary alicyclic amines) is 1. The number of phenols is 2. The van der Waals surface area contributed by atoms with Crippen molar-refractivity contribution < 1.29 is 49.3 Å². The molecule has 0 saturated carbocycles. The van der Waals surface area contributed by atoms with Crippen molar-refractivity contribution in [2.24, 2.45) is 5.92 Å². The lowest BCUT2D eigenvalue weighted by Gasteiger charge is -2.32. The summed E-state index contributed by atoms with van der Waals surface area (Å²) in [5.74, 6) is -3.52. The fourth-order valence-electron chi connectivity index (χ4n) is 8.30. The molecular weight excluding hydrogens is 897 g/mol. The zero-order valence-electron chi connectivity index (χ0n) is 40.2. The SMILES string of the molecule is CC(C)C[C@H](NC(=O)[C@@H](NC(=O)c1cccc(-c2ccccc2)n1)[C@@H](C)OC(=O)CCC(=O)N1CCC(NCCNCc2ccc(-n3c(O)nnc3-c3cc(C(C)C)c(O)cc3O)cc2)CC1)B(O)O. The third kappa shape index (κ3) is 14.1. The number of carbonyl (C=O) groups is 4. The van der Waals surface area contributed by atoms with Crippen molar-refractivity contribution >= 4 is 30.8 Å². The number of pyridine rings is 1. The molecule has 20 heteroatoms. The van der Waals surface area contributed by atoms with Crippen LogP contribution in [0.5, 0.6) is 17.5 Å². The number of hydrogen-bond acceptors (Lipinski definition) is 15. The quantitative estimate of drug-likeness (QED) is 0.0270. The topological polar surface area (TPSA) is 274 Å². The number of benzene rings is 3. The number of esters is 1. The van der Waals surface area contributed by atoms with Crippen LogP contribution in [0.4, 0.5) is 0 Å². The largest absolute Gasteiger partial charge is 0.508 e. The zero-order valence-corrected chi connectivity index (χ0v) is 40.2. The van der Waals surface area contributed by atoms with Crippen LogP contribution in [0.3, 0.4) is 0 Å². The fourth-order valence-corrected chi connectivity index (χ4v) is 8.30. The van der Waals surface area contributed by atoms with Gasteiger partial charge in [0.15, 0.2) is 5.82 Å². The van der Waals surface area contributed by atoms with Crippen LogP contribution < -0.4 is 21.3 Å². The number of aromatic nitrogens is 4. The average Bonchev–Trinajstić information content (AvgIpc) is 3.72. The summed E-state index contributed by atoms with van der Waals surface area (Å²) in [4.78, 5) is 59.7. The Morgan fingerprint density at radius 2 is 1.53 bits per heavy atom. The van der Waals surface area contributed by atoms with Crippen molar-refractivity contribution in [2.45, 2.75) is 103 Å². The van der Waals surface area contributed by atoms with Crippen LogP contribution in [0.15, 0.2) is 84.9 Å². The Hall–Kier alpha value is -6.87. The number of amides is 3. The van der Waals surface area contributed by atoms with Gasteiger partial charge in [0.25, 0.3) is 5.91 Å². The molecular formula is C50H64BN9O10. The summed E-state index contributed by atoms with van der Waals surface area (Å²) in [6.45, 7) is 12.0. The van der Waals surface area contributed by atoms with Gasteiger partial charge in [-0.1, -0.05) is 81.3 Å². The molecule has 9 N–H and O–H groups in total. The molecule has 1 saturated heterocycles. The van der Waals surface area contributed by atoms with E-state index in [1.165, 1.54) is 23.6 Å². The molecule has 1 aliphatic rings. The second kappa shape index (κ2) is 24.6. The molecule has 1 aliphatic heterocycles. The summed E-state index contributed by atoms with van der Waals surface area (Å²) in [5.41, 5.74) is 3.87. The summed E-state index contributed by atoms with van der Waals surface area (Å²) in [5, 5.41) is 71.6. The molecule has 0 unspecified atom stereocenters. The number of carbonyl (C=O) groups excluding carboxylic acids is 4. The Labute approximate surface area is 407 Å². The Bertz CT molecular complexity index is 2550.